The second-order valence-electron chi connectivity index (χ2n) is 7.27. The maximum Gasteiger partial charge on any atom is 0.416 e. The average molecular weight is 356 g/mol. The van der Waals surface area contributed by atoms with Gasteiger partial charge < -0.3 is 10.6 Å². The van der Waals surface area contributed by atoms with Crippen LogP contribution in [0.3, 0.4) is 0 Å². The SMILES string of the molecule is CC(C)CC(NC(=O)CCC1CCNC1)c1cccc(C(F)(F)F)c1. The molecule has 2 rings (SSSR count). The number of amides is 1. The van der Waals surface area contributed by atoms with Crippen molar-refractivity contribution in [2.24, 2.45) is 11.8 Å². The number of alkyl halides is 3. The van der Waals surface area contributed by atoms with Crippen LogP contribution >= 0.6 is 0 Å². The minimum absolute atomic E-state index is 0.0880. The second kappa shape index (κ2) is 8.70. The number of hydrogen-bond donors (Lipinski definition) is 2. The summed E-state index contributed by atoms with van der Waals surface area (Å²) >= 11 is 0. The Morgan fingerprint density at radius 1 is 1.36 bits per heavy atom. The van der Waals surface area contributed by atoms with Crippen LogP contribution < -0.4 is 10.6 Å². The van der Waals surface area contributed by atoms with Crippen LogP contribution in [0.2, 0.25) is 0 Å². The van der Waals surface area contributed by atoms with Crippen LogP contribution in [0.1, 0.15) is 56.7 Å². The Bertz CT molecular complexity index is 566. The summed E-state index contributed by atoms with van der Waals surface area (Å²) in [7, 11) is 0. The highest BCUT2D eigenvalue weighted by Crippen LogP contribution is 2.32. The van der Waals surface area contributed by atoms with Gasteiger partial charge in [0.1, 0.15) is 0 Å². The van der Waals surface area contributed by atoms with E-state index < -0.39 is 17.8 Å². The number of hydrogen-bond acceptors (Lipinski definition) is 2. The van der Waals surface area contributed by atoms with Gasteiger partial charge in [0.05, 0.1) is 11.6 Å². The molecule has 0 radical (unpaired) electrons. The normalized spacial score (nSPS) is 19.2. The summed E-state index contributed by atoms with van der Waals surface area (Å²) in [5, 5.41) is 6.21. The van der Waals surface area contributed by atoms with Gasteiger partial charge in [-0.2, -0.15) is 13.2 Å². The largest absolute Gasteiger partial charge is 0.416 e. The zero-order valence-corrected chi connectivity index (χ0v) is 14.8. The Kier molecular flexibility index (Phi) is 6.87. The van der Waals surface area contributed by atoms with Gasteiger partial charge in [0.2, 0.25) is 5.91 Å². The molecular formula is C19H27F3N2O. The van der Waals surface area contributed by atoms with Crippen LogP contribution in [-0.4, -0.2) is 19.0 Å². The molecule has 25 heavy (non-hydrogen) atoms. The first-order chi connectivity index (χ1) is 11.8. The summed E-state index contributed by atoms with van der Waals surface area (Å²) in [4.78, 5) is 12.3. The van der Waals surface area contributed by atoms with Crippen molar-refractivity contribution < 1.29 is 18.0 Å². The number of halogens is 3. The molecule has 6 heteroatoms. The van der Waals surface area contributed by atoms with Crippen molar-refractivity contribution in [3.05, 3.63) is 35.4 Å². The molecular weight excluding hydrogens is 329 g/mol. The molecule has 1 fully saturated rings. The molecule has 0 saturated carbocycles. The van der Waals surface area contributed by atoms with Gasteiger partial charge in [-0.25, -0.2) is 0 Å². The maximum absolute atomic E-state index is 13.0. The van der Waals surface area contributed by atoms with Gasteiger partial charge >= 0.3 is 6.18 Å². The molecule has 1 aromatic carbocycles. The van der Waals surface area contributed by atoms with E-state index in [1.807, 2.05) is 13.8 Å². The molecule has 0 bridgehead atoms. The van der Waals surface area contributed by atoms with Crippen molar-refractivity contribution in [1.82, 2.24) is 10.6 Å². The smallest absolute Gasteiger partial charge is 0.349 e. The molecule has 2 atom stereocenters. The van der Waals surface area contributed by atoms with Crippen LogP contribution in [0, 0.1) is 11.8 Å². The summed E-state index contributed by atoms with van der Waals surface area (Å²) in [5.74, 6) is 0.691. The Morgan fingerprint density at radius 3 is 2.72 bits per heavy atom. The fourth-order valence-corrected chi connectivity index (χ4v) is 3.24. The van der Waals surface area contributed by atoms with Crippen molar-refractivity contribution in [3.8, 4) is 0 Å². The van der Waals surface area contributed by atoms with Crippen LogP contribution in [0.4, 0.5) is 13.2 Å². The van der Waals surface area contributed by atoms with Gasteiger partial charge in [-0.05, 0) is 61.9 Å². The Morgan fingerprint density at radius 2 is 2.12 bits per heavy atom. The topological polar surface area (TPSA) is 41.1 Å². The van der Waals surface area contributed by atoms with Gasteiger partial charge in [0, 0.05) is 6.42 Å². The first-order valence-electron chi connectivity index (χ1n) is 8.93. The standard InChI is InChI=1S/C19H27F3N2O/c1-13(2)10-17(15-4-3-5-16(11-15)19(20,21)22)24-18(25)7-6-14-8-9-23-12-14/h3-5,11,13-14,17,23H,6-10,12H2,1-2H3,(H,24,25). The lowest BCUT2D eigenvalue weighted by Crippen LogP contribution is -2.30. The minimum atomic E-state index is -4.38. The lowest BCUT2D eigenvalue weighted by molar-refractivity contribution is -0.137. The number of nitrogens with one attached hydrogen (secondary N) is 2. The molecule has 3 nitrogen and oxygen atoms in total. The van der Waals surface area contributed by atoms with Crippen molar-refractivity contribution in [1.29, 1.82) is 0 Å². The molecule has 1 aliphatic rings. The quantitative estimate of drug-likeness (QED) is 0.765. The van der Waals surface area contributed by atoms with E-state index in [-0.39, 0.29) is 11.8 Å². The highest BCUT2D eigenvalue weighted by Gasteiger charge is 2.31. The van der Waals surface area contributed by atoms with Gasteiger partial charge in [0.15, 0.2) is 0 Å². The van der Waals surface area contributed by atoms with Gasteiger partial charge in [-0.15, -0.1) is 0 Å². The minimum Gasteiger partial charge on any atom is -0.349 e. The van der Waals surface area contributed by atoms with Crippen LogP contribution in [-0.2, 0) is 11.0 Å². The van der Waals surface area contributed by atoms with E-state index in [2.05, 4.69) is 10.6 Å². The first kappa shape index (κ1) is 19.8. The van der Waals surface area contributed by atoms with Gasteiger partial charge in [-0.3, -0.25) is 4.79 Å². The van der Waals surface area contributed by atoms with Crippen molar-refractivity contribution in [3.63, 3.8) is 0 Å². The third kappa shape index (κ3) is 6.34. The molecule has 0 aliphatic carbocycles. The van der Waals surface area contributed by atoms with E-state index in [1.54, 1.807) is 6.07 Å². The molecule has 1 heterocycles. The monoisotopic (exact) mass is 356 g/mol. The highest BCUT2D eigenvalue weighted by atomic mass is 19.4. The summed E-state index contributed by atoms with van der Waals surface area (Å²) < 4.78 is 38.9. The average Bonchev–Trinajstić information content (AvgIpc) is 3.05. The fourth-order valence-electron chi connectivity index (χ4n) is 3.24. The van der Waals surface area contributed by atoms with Crippen LogP contribution in [0.25, 0.3) is 0 Å². The fraction of sp³-hybridized carbons (Fsp3) is 0.632. The van der Waals surface area contributed by atoms with E-state index in [0.29, 0.717) is 24.3 Å². The molecule has 1 aromatic rings. The summed E-state index contributed by atoms with van der Waals surface area (Å²) in [6, 6.07) is 4.88. The van der Waals surface area contributed by atoms with E-state index in [4.69, 9.17) is 0 Å². The lowest BCUT2D eigenvalue weighted by atomic mass is 9.95. The molecule has 2 N–H and O–H groups in total. The highest BCUT2D eigenvalue weighted by molar-refractivity contribution is 5.76. The Balaban J connectivity index is 2.03. The first-order valence-corrected chi connectivity index (χ1v) is 8.93. The maximum atomic E-state index is 13.0. The summed E-state index contributed by atoms with van der Waals surface area (Å²) in [5.41, 5.74) is -0.163. The molecule has 1 aliphatic heterocycles. The van der Waals surface area contributed by atoms with E-state index in [9.17, 15) is 18.0 Å². The molecule has 2 unspecified atom stereocenters. The second-order valence-corrected chi connectivity index (χ2v) is 7.27. The zero-order chi connectivity index (χ0) is 18.4. The number of rotatable bonds is 7. The van der Waals surface area contributed by atoms with E-state index in [1.165, 1.54) is 6.07 Å². The van der Waals surface area contributed by atoms with E-state index >= 15 is 0 Å². The molecule has 140 valence electrons. The number of carbonyl (C=O) groups is 1. The lowest BCUT2D eigenvalue weighted by Gasteiger charge is -2.22. The molecule has 0 aromatic heterocycles. The predicted octanol–water partition coefficient (Wildman–Crippen LogP) is 4.30. The Hall–Kier alpha value is -1.56. The zero-order valence-electron chi connectivity index (χ0n) is 14.8. The Labute approximate surface area is 147 Å². The van der Waals surface area contributed by atoms with Gasteiger partial charge in [0.25, 0.3) is 0 Å². The third-order valence-corrected chi connectivity index (χ3v) is 4.60. The summed E-state index contributed by atoms with van der Waals surface area (Å²) in [6.07, 6.45) is -1.46. The van der Waals surface area contributed by atoms with Crippen molar-refractivity contribution in [2.45, 2.75) is 51.7 Å². The molecule has 1 saturated heterocycles. The van der Waals surface area contributed by atoms with E-state index in [0.717, 1.165) is 38.1 Å². The van der Waals surface area contributed by atoms with Gasteiger partial charge in [-0.1, -0.05) is 26.0 Å². The summed E-state index contributed by atoms with van der Waals surface area (Å²) in [6.45, 7) is 5.93. The van der Waals surface area contributed by atoms with Crippen LogP contribution in [0.15, 0.2) is 24.3 Å². The predicted molar refractivity (Wildman–Crippen MR) is 92.0 cm³/mol. The third-order valence-electron chi connectivity index (χ3n) is 4.60. The van der Waals surface area contributed by atoms with Crippen molar-refractivity contribution in [2.75, 3.05) is 13.1 Å². The van der Waals surface area contributed by atoms with Crippen LogP contribution in [0.5, 0.6) is 0 Å². The molecule has 0 spiro atoms. The number of carbonyl (C=O) groups excluding carboxylic acids is 1. The van der Waals surface area contributed by atoms with Crippen molar-refractivity contribution >= 4 is 5.91 Å². The molecule has 1 amide bonds. The number of benzene rings is 1.